The number of hydrogen-bond acceptors (Lipinski definition) is 5. The molecule has 0 saturated carbocycles. The third kappa shape index (κ3) is 4.19. The molecule has 3 atom stereocenters. The van der Waals surface area contributed by atoms with Crippen LogP contribution >= 0.6 is 0 Å². The number of aliphatic imine (C=N–C) groups is 1. The second kappa shape index (κ2) is 10.1. The Kier molecular flexibility index (Phi) is 6.78. The van der Waals surface area contributed by atoms with Gasteiger partial charge in [-0.2, -0.15) is 0 Å². The Morgan fingerprint density at radius 1 is 0.886 bits per heavy atom. The first kappa shape index (κ1) is 23.4. The topological polar surface area (TPSA) is 54.3 Å². The fourth-order valence-electron chi connectivity index (χ4n) is 5.89. The molecule has 2 heterocycles. The first-order chi connectivity index (χ1) is 17.2. The van der Waals surface area contributed by atoms with Crippen molar-refractivity contribution in [1.82, 2.24) is 4.90 Å². The minimum absolute atomic E-state index is 0.0336. The quantitative estimate of drug-likeness (QED) is 0.407. The molecule has 0 spiro atoms. The van der Waals surface area contributed by atoms with Gasteiger partial charge in [0.25, 0.3) is 0 Å². The Morgan fingerprint density at radius 3 is 2.23 bits per heavy atom. The number of rotatable bonds is 9. The summed E-state index contributed by atoms with van der Waals surface area (Å²) in [6.07, 6.45) is 3.63. The predicted molar refractivity (Wildman–Crippen MR) is 139 cm³/mol. The van der Waals surface area contributed by atoms with Gasteiger partial charge in [0.05, 0.1) is 25.7 Å². The molecule has 0 bridgehead atoms. The average Bonchev–Trinajstić information content (AvgIpc) is 3.48. The Balaban J connectivity index is 1.63. The van der Waals surface area contributed by atoms with Gasteiger partial charge in [-0.15, -0.1) is 0 Å². The molecule has 5 heteroatoms. The van der Waals surface area contributed by atoms with Crippen LogP contribution in [0.2, 0.25) is 0 Å². The molecule has 0 amide bonds. The van der Waals surface area contributed by atoms with Gasteiger partial charge in [0.2, 0.25) is 0 Å². The van der Waals surface area contributed by atoms with E-state index in [2.05, 4.69) is 77.7 Å². The van der Waals surface area contributed by atoms with Gasteiger partial charge in [-0.05, 0) is 54.5 Å². The Morgan fingerprint density at radius 2 is 1.57 bits per heavy atom. The summed E-state index contributed by atoms with van der Waals surface area (Å²) in [7, 11) is 3.35. The van der Waals surface area contributed by atoms with Crippen molar-refractivity contribution in [2.45, 2.75) is 43.2 Å². The number of nitrogens with zero attached hydrogens (tertiary/aromatic N) is 2. The minimum atomic E-state index is -0.231. The number of aliphatic hydroxyl groups is 1. The highest BCUT2D eigenvalue weighted by Gasteiger charge is 2.52. The van der Waals surface area contributed by atoms with Crippen LogP contribution in [0.1, 0.15) is 54.5 Å². The maximum atomic E-state index is 9.54. The van der Waals surface area contributed by atoms with Gasteiger partial charge in [0.1, 0.15) is 11.9 Å². The summed E-state index contributed by atoms with van der Waals surface area (Å²) in [4.78, 5) is 8.02. The molecule has 0 radical (unpaired) electrons. The lowest BCUT2D eigenvalue weighted by Gasteiger charge is -2.32. The van der Waals surface area contributed by atoms with Crippen molar-refractivity contribution < 1.29 is 14.6 Å². The molecule has 3 aromatic rings. The molecule has 5 rings (SSSR count). The summed E-state index contributed by atoms with van der Waals surface area (Å²) in [6, 6.07) is 27.9. The summed E-state index contributed by atoms with van der Waals surface area (Å²) < 4.78 is 11.2. The SMILES string of the molecule is COc1ccc(C2(CCCCO)CCN3C2=N[C@@H](c2ccccc2)[C@@H]3c2ccccc2)cc1OC. The number of fused-ring (bicyclic) bond motifs is 1. The van der Waals surface area contributed by atoms with Crippen LogP contribution in [-0.2, 0) is 5.41 Å². The zero-order valence-electron chi connectivity index (χ0n) is 20.6. The van der Waals surface area contributed by atoms with Crippen LogP contribution in [0.3, 0.4) is 0 Å². The lowest BCUT2D eigenvalue weighted by Crippen LogP contribution is -2.36. The number of amidine groups is 1. The monoisotopic (exact) mass is 470 g/mol. The summed E-state index contributed by atoms with van der Waals surface area (Å²) in [5.41, 5.74) is 3.50. The van der Waals surface area contributed by atoms with Crippen molar-refractivity contribution in [3.05, 3.63) is 95.6 Å². The highest BCUT2D eigenvalue weighted by atomic mass is 16.5. The molecule has 1 N–H and O–H groups in total. The number of unbranched alkanes of at least 4 members (excludes halogenated alkanes) is 1. The molecule has 35 heavy (non-hydrogen) atoms. The van der Waals surface area contributed by atoms with E-state index in [9.17, 15) is 5.11 Å². The molecule has 0 aromatic heterocycles. The minimum Gasteiger partial charge on any atom is -0.493 e. The second-order valence-corrected chi connectivity index (χ2v) is 9.44. The van der Waals surface area contributed by atoms with Crippen molar-refractivity contribution in [3.8, 4) is 11.5 Å². The third-order valence-electron chi connectivity index (χ3n) is 7.61. The molecule has 1 saturated heterocycles. The summed E-state index contributed by atoms with van der Waals surface area (Å²) in [6.45, 7) is 1.15. The van der Waals surface area contributed by atoms with E-state index in [1.165, 1.54) is 16.7 Å². The van der Waals surface area contributed by atoms with E-state index >= 15 is 0 Å². The van der Waals surface area contributed by atoms with Gasteiger partial charge in [0.15, 0.2) is 11.5 Å². The fraction of sp³-hybridized carbons (Fsp3) is 0.367. The molecule has 5 nitrogen and oxygen atoms in total. The maximum Gasteiger partial charge on any atom is 0.161 e. The van der Waals surface area contributed by atoms with Gasteiger partial charge in [-0.25, -0.2) is 0 Å². The van der Waals surface area contributed by atoms with E-state index < -0.39 is 0 Å². The number of hydrogen-bond donors (Lipinski definition) is 1. The van der Waals surface area contributed by atoms with E-state index in [1.54, 1.807) is 14.2 Å². The fourth-order valence-corrected chi connectivity index (χ4v) is 5.89. The predicted octanol–water partition coefficient (Wildman–Crippen LogP) is 5.70. The largest absolute Gasteiger partial charge is 0.493 e. The molecule has 182 valence electrons. The van der Waals surface area contributed by atoms with E-state index in [4.69, 9.17) is 14.5 Å². The lowest BCUT2D eigenvalue weighted by molar-refractivity contribution is 0.278. The van der Waals surface area contributed by atoms with E-state index in [0.29, 0.717) is 0 Å². The van der Waals surface area contributed by atoms with Crippen LogP contribution in [0.15, 0.2) is 83.9 Å². The van der Waals surface area contributed by atoms with Crippen LogP contribution < -0.4 is 9.47 Å². The lowest BCUT2D eigenvalue weighted by atomic mass is 9.74. The van der Waals surface area contributed by atoms with E-state index in [0.717, 1.165) is 49.6 Å². The van der Waals surface area contributed by atoms with Crippen LogP contribution in [0, 0.1) is 0 Å². The molecular weight excluding hydrogens is 436 g/mol. The molecule has 1 unspecified atom stereocenters. The molecule has 2 aliphatic heterocycles. The zero-order valence-corrected chi connectivity index (χ0v) is 20.6. The zero-order chi connectivity index (χ0) is 24.3. The first-order valence-corrected chi connectivity index (χ1v) is 12.5. The van der Waals surface area contributed by atoms with Gasteiger partial charge < -0.3 is 19.5 Å². The third-order valence-corrected chi connectivity index (χ3v) is 7.61. The van der Waals surface area contributed by atoms with Crippen molar-refractivity contribution in [3.63, 3.8) is 0 Å². The first-order valence-electron chi connectivity index (χ1n) is 12.5. The van der Waals surface area contributed by atoms with Gasteiger partial charge in [0, 0.05) is 13.2 Å². The summed E-state index contributed by atoms with van der Waals surface area (Å²) in [5.74, 6) is 2.63. The van der Waals surface area contributed by atoms with Crippen molar-refractivity contribution in [1.29, 1.82) is 0 Å². The Hall–Kier alpha value is -3.31. The van der Waals surface area contributed by atoms with E-state index in [1.807, 2.05) is 6.07 Å². The smallest absolute Gasteiger partial charge is 0.161 e. The standard InChI is InChI=1S/C30H34N2O3/c1-34-25-16-15-24(21-26(25)35-2)30(17-9-10-20-33)18-19-32-28(23-13-7-4-8-14-23)27(31-29(30)32)22-11-5-3-6-12-22/h3-8,11-16,21,27-28,33H,9-10,17-20H2,1-2H3/t27-,28-,30?/m0/s1. The van der Waals surface area contributed by atoms with Crippen LogP contribution in [0.25, 0.3) is 0 Å². The normalized spacial score (nSPS) is 23.2. The number of methoxy groups -OCH3 is 2. The molecule has 2 aliphatic rings. The number of ether oxygens (including phenoxy) is 2. The van der Waals surface area contributed by atoms with Crippen LogP contribution in [0.4, 0.5) is 0 Å². The number of aliphatic hydroxyl groups excluding tert-OH is 1. The van der Waals surface area contributed by atoms with E-state index in [-0.39, 0.29) is 24.1 Å². The van der Waals surface area contributed by atoms with Gasteiger partial charge in [-0.3, -0.25) is 4.99 Å². The van der Waals surface area contributed by atoms with Crippen LogP contribution in [-0.4, -0.2) is 43.2 Å². The van der Waals surface area contributed by atoms with Crippen LogP contribution in [0.5, 0.6) is 11.5 Å². The second-order valence-electron chi connectivity index (χ2n) is 9.44. The highest BCUT2D eigenvalue weighted by molar-refractivity contribution is 5.97. The van der Waals surface area contributed by atoms with Crippen molar-refractivity contribution in [2.75, 3.05) is 27.4 Å². The average molecular weight is 471 g/mol. The summed E-state index contributed by atoms with van der Waals surface area (Å²) >= 11 is 0. The molecule has 1 fully saturated rings. The molecular formula is C30H34N2O3. The Labute approximate surface area is 208 Å². The van der Waals surface area contributed by atoms with Gasteiger partial charge in [-0.1, -0.05) is 66.7 Å². The maximum absolute atomic E-state index is 9.54. The van der Waals surface area contributed by atoms with Crippen molar-refractivity contribution >= 4 is 5.84 Å². The molecule has 0 aliphatic carbocycles. The highest BCUT2D eigenvalue weighted by Crippen LogP contribution is 2.53. The van der Waals surface area contributed by atoms with Crippen molar-refractivity contribution in [2.24, 2.45) is 4.99 Å². The van der Waals surface area contributed by atoms with Gasteiger partial charge >= 0.3 is 0 Å². The Bertz CT molecular complexity index is 1160. The summed E-state index contributed by atoms with van der Waals surface area (Å²) in [5, 5.41) is 9.54. The number of benzene rings is 3. The molecule has 3 aromatic carbocycles.